The third-order valence-electron chi connectivity index (χ3n) is 3.90. The summed E-state index contributed by atoms with van der Waals surface area (Å²) < 4.78 is 0. The summed E-state index contributed by atoms with van der Waals surface area (Å²) in [6, 6.07) is 18.0. The SMILES string of the molecule is O=C(Nc1ccccc1-c1ccccc1)[C@H]1CCCCN1. The standard InChI is InChI=1S/C18H20N2O/c21-18(17-12-6-7-13-19-17)20-16-11-5-4-10-15(16)14-8-2-1-3-9-14/h1-5,8-11,17,19H,6-7,12-13H2,(H,20,21)/t17-/m1/s1. The number of piperidine rings is 1. The largest absolute Gasteiger partial charge is 0.324 e. The highest BCUT2D eigenvalue weighted by molar-refractivity contribution is 5.98. The molecule has 2 aromatic carbocycles. The molecule has 1 amide bonds. The van der Waals surface area contributed by atoms with E-state index in [0.29, 0.717) is 0 Å². The average molecular weight is 280 g/mol. The van der Waals surface area contributed by atoms with Gasteiger partial charge in [-0.2, -0.15) is 0 Å². The Morgan fingerprint density at radius 2 is 1.76 bits per heavy atom. The molecule has 1 fully saturated rings. The van der Waals surface area contributed by atoms with Crippen LogP contribution < -0.4 is 10.6 Å². The molecule has 3 nitrogen and oxygen atoms in total. The summed E-state index contributed by atoms with van der Waals surface area (Å²) in [7, 11) is 0. The molecule has 2 N–H and O–H groups in total. The Bertz CT molecular complexity index is 604. The number of carbonyl (C=O) groups excluding carboxylic acids is 1. The number of nitrogens with one attached hydrogen (secondary N) is 2. The Hall–Kier alpha value is -2.13. The van der Waals surface area contributed by atoms with Crippen molar-refractivity contribution in [2.24, 2.45) is 0 Å². The topological polar surface area (TPSA) is 41.1 Å². The molecule has 0 radical (unpaired) electrons. The van der Waals surface area contributed by atoms with Gasteiger partial charge in [0.2, 0.25) is 5.91 Å². The smallest absolute Gasteiger partial charge is 0.241 e. The van der Waals surface area contributed by atoms with E-state index >= 15 is 0 Å². The zero-order valence-electron chi connectivity index (χ0n) is 12.0. The van der Waals surface area contributed by atoms with Crippen LogP contribution in [0.4, 0.5) is 5.69 Å². The second-order valence-corrected chi connectivity index (χ2v) is 5.40. The molecule has 21 heavy (non-hydrogen) atoms. The van der Waals surface area contributed by atoms with Crippen molar-refractivity contribution < 1.29 is 4.79 Å². The minimum atomic E-state index is -0.0671. The third-order valence-corrected chi connectivity index (χ3v) is 3.90. The summed E-state index contributed by atoms with van der Waals surface area (Å²) in [5.41, 5.74) is 3.05. The molecule has 1 heterocycles. The molecule has 1 aliphatic heterocycles. The normalized spacial score (nSPS) is 18.2. The van der Waals surface area contributed by atoms with Crippen molar-refractivity contribution in [3.63, 3.8) is 0 Å². The Morgan fingerprint density at radius 3 is 2.52 bits per heavy atom. The van der Waals surface area contributed by atoms with Gasteiger partial charge in [0.25, 0.3) is 0 Å². The van der Waals surface area contributed by atoms with Crippen LogP contribution in [0.2, 0.25) is 0 Å². The van der Waals surface area contributed by atoms with Gasteiger partial charge in [0.15, 0.2) is 0 Å². The number of para-hydroxylation sites is 1. The van der Waals surface area contributed by atoms with Crippen molar-refractivity contribution in [3.8, 4) is 11.1 Å². The van der Waals surface area contributed by atoms with Gasteiger partial charge in [-0.1, -0.05) is 55.0 Å². The van der Waals surface area contributed by atoms with Crippen LogP contribution in [-0.2, 0) is 4.79 Å². The fourth-order valence-electron chi connectivity index (χ4n) is 2.76. The molecule has 108 valence electrons. The predicted molar refractivity (Wildman–Crippen MR) is 86.1 cm³/mol. The molecule has 3 heteroatoms. The summed E-state index contributed by atoms with van der Waals surface area (Å²) in [5.74, 6) is 0.0677. The van der Waals surface area contributed by atoms with Crippen LogP contribution in [0, 0.1) is 0 Å². The van der Waals surface area contributed by atoms with Crippen molar-refractivity contribution in [1.82, 2.24) is 5.32 Å². The predicted octanol–water partition coefficient (Wildman–Crippen LogP) is 3.43. The van der Waals surface area contributed by atoms with Crippen LogP contribution in [0.25, 0.3) is 11.1 Å². The van der Waals surface area contributed by atoms with E-state index in [1.165, 1.54) is 0 Å². The molecular weight excluding hydrogens is 260 g/mol. The molecule has 0 aromatic heterocycles. The summed E-state index contributed by atoms with van der Waals surface area (Å²) in [5, 5.41) is 6.36. The van der Waals surface area contributed by atoms with E-state index in [-0.39, 0.29) is 11.9 Å². The van der Waals surface area contributed by atoms with Crippen molar-refractivity contribution >= 4 is 11.6 Å². The third kappa shape index (κ3) is 3.31. The second kappa shape index (κ2) is 6.55. The van der Waals surface area contributed by atoms with Crippen molar-refractivity contribution in [3.05, 3.63) is 54.6 Å². The molecular formula is C18H20N2O. The number of amides is 1. The summed E-state index contributed by atoms with van der Waals surface area (Å²) in [4.78, 5) is 12.4. The van der Waals surface area contributed by atoms with Crippen LogP contribution >= 0.6 is 0 Å². The highest BCUT2D eigenvalue weighted by atomic mass is 16.2. The van der Waals surface area contributed by atoms with Crippen molar-refractivity contribution in [2.75, 3.05) is 11.9 Å². The first-order valence-corrected chi connectivity index (χ1v) is 7.53. The van der Waals surface area contributed by atoms with E-state index in [9.17, 15) is 4.79 Å². The van der Waals surface area contributed by atoms with Crippen LogP contribution in [0.3, 0.4) is 0 Å². The van der Waals surface area contributed by atoms with Gasteiger partial charge >= 0.3 is 0 Å². The van der Waals surface area contributed by atoms with Gasteiger partial charge in [-0.25, -0.2) is 0 Å². The molecule has 0 unspecified atom stereocenters. The first kappa shape index (κ1) is 13.8. The summed E-state index contributed by atoms with van der Waals surface area (Å²) >= 11 is 0. The summed E-state index contributed by atoms with van der Waals surface area (Å²) in [6.07, 6.45) is 3.19. The highest BCUT2D eigenvalue weighted by Gasteiger charge is 2.21. The minimum absolute atomic E-state index is 0.0671. The Balaban J connectivity index is 1.81. The van der Waals surface area contributed by atoms with Gasteiger partial charge in [-0.3, -0.25) is 4.79 Å². The van der Waals surface area contributed by atoms with E-state index in [2.05, 4.69) is 22.8 Å². The number of benzene rings is 2. The molecule has 2 aromatic rings. The molecule has 0 saturated carbocycles. The zero-order valence-corrected chi connectivity index (χ0v) is 12.0. The van der Waals surface area contributed by atoms with E-state index < -0.39 is 0 Å². The van der Waals surface area contributed by atoms with Gasteiger partial charge in [0, 0.05) is 11.3 Å². The van der Waals surface area contributed by atoms with Crippen molar-refractivity contribution in [1.29, 1.82) is 0 Å². The van der Waals surface area contributed by atoms with E-state index in [0.717, 1.165) is 42.6 Å². The minimum Gasteiger partial charge on any atom is -0.324 e. The fourth-order valence-corrected chi connectivity index (χ4v) is 2.76. The number of carbonyl (C=O) groups is 1. The molecule has 1 atom stereocenters. The van der Waals surface area contributed by atoms with Crippen LogP contribution in [0.1, 0.15) is 19.3 Å². The molecule has 0 bridgehead atoms. The quantitative estimate of drug-likeness (QED) is 0.904. The second-order valence-electron chi connectivity index (χ2n) is 5.40. The maximum Gasteiger partial charge on any atom is 0.241 e. The van der Waals surface area contributed by atoms with Crippen LogP contribution in [-0.4, -0.2) is 18.5 Å². The Kier molecular flexibility index (Phi) is 4.31. The maximum absolute atomic E-state index is 12.4. The van der Waals surface area contributed by atoms with E-state index in [4.69, 9.17) is 0 Å². The number of anilines is 1. The fraction of sp³-hybridized carbons (Fsp3) is 0.278. The van der Waals surface area contributed by atoms with Gasteiger partial charge < -0.3 is 10.6 Å². The maximum atomic E-state index is 12.4. The number of hydrogen-bond acceptors (Lipinski definition) is 2. The lowest BCUT2D eigenvalue weighted by atomic mass is 10.0. The molecule has 1 saturated heterocycles. The number of hydrogen-bond donors (Lipinski definition) is 2. The molecule has 3 rings (SSSR count). The van der Waals surface area contributed by atoms with Gasteiger partial charge in [0.05, 0.1) is 6.04 Å². The van der Waals surface area contributed by atoms with Gasteiger partial charge in [-0.05, 0) is 31.0 Å². The lowest BCUT2D eigenvalue weighted by Crippen LogP contribution is -2.43. The van der Waals surface area contributed by atoms with Gasteiger partial charge in [-0.15, -0.1) is 0 Å². The van der Waals surface area contributed by atoms with Crippen molar-refractivity contribution in [2.45, 2.75) is 25.3 Å². The van der Waals surface area contributed by atoms with Crippen LogP contribution in [0.15, 0.2) is 54.6 Å². The van der Waals surface area contributed by atoms with Crippen LogP contribution in [0.5, 0.6) is 0 Å². The molecule has 0 spiro atoms. The first-order chi connectivity index (χ1) is 10.3. The van der Waals surface area contributed by atoms with E-state index in [1.54, 1.807) is 0 Å². The highest BCUT2D eigenvalue weighted by Crippen LogP contribution is 2.27. The Morgan fingerprint density at radius 1 is 1.00 bits per heavy atom. The zero-order chi connectivity index (χ0) is 14.5. The average Bonchev–Trinajstić information content (AvgIpc) is 2.57. The lowest BCUT2D eigenvalue weighted by Gasteiger charge is -2.23. The molecule has 1 aliphatic rings. The Labute approximate surface area is 125 Å². The number of rotatable bonds is 3. The molecule has 0 aliphatic carbocycles. The first-order valence-electron chi connectivity index (χ1n) is 7.53. The summed E-state index contributed by atoms with van der Waals surface area (Å²) in [6.45, 7) is 0.929. The van der Waals surface area contributed by atoms with Gasteiger partial charge in [0.1, 0.15) is 0 Å². The van der Waals surface area contributed by atoms with E-state index in [1.807, 2.05) is 42.5 Å². The monoisotopic (exact) mass is 280 g/mol. The lowest BCUT2D eigenvalue weighted by molar-refractivity contribution is -0.118.